The van der Waals surface area contributed by atoms with Gasteiger partial charge < -0.3 is 10.2 Å². The monoisotopic (exact) mass is 320 g/mol. The molecular formula is C13H12ClF3N2O2. The number of nitrogens with one attached hydrogen (secondary N) is 1. The first-order chi connectivity index (χ1) is 9.80. The molecule has 1 aromatic carbocycles. The largest absolute Gasteiger partial charge is 0.471 e. The third-order valence-electron chi connectivity index (χ3n) is 3.19. The maximum atomic E-state index is 12.5. The van der Waals surface area contributed by atoms with Gasteiger partial charge in [-0.15, -0.1) is 0 Å². The molecule has 2 rings (SSSR count). The van der Waals surface area contributed by atoms with Crippen LogP contribution in [-0.2, 0) is 9.59 Å². The number of nitrogens with zero attached hydrogens (tertiary/aromatic N) is 1. The van der Waals surface area contributed by atoms with Crippen molar-refractivity contribution in [2.24, 2.45) is 0 Å². The van der Waals surface area contributed by atoms with Gasteiger partial charge in [0.1, 0.15) is 6.04 Å². The van der Waals surface area contributed by atoms with E-state index in [-0.39, 0.29) is 18.0 Å². The van der Waals surface area contributed by atoms with Crippen LogP contribution in [0.2, 0.25) is 5.02 Å². The molecule has 1 heterocycles. The molecule has 0 radical (unpaired) electrons. The summed E-state index contributed by atoms with van der Waals surface area (Å²) in [6, 6.07) is 5.24. The van der Waals surface area contributed by atoms with Crippen molar-refractivity contribution >= 4 is 29.1 Å². The molecule has 0 spiro atoms. The Hall–Kier alpha value is -1.76. The molecule has 1 fully saturated rings. The van der Waals surface area contributed by atoms with Crippen molar-refractivity contribution in [3.05, 3.63) is 29.3 Å². The molecule has 0 aromatic heterocycles. The second kappa shape index (κ2) is 5.93. The summed E-state index contributed by atoms with van der Waals surface area (Å²) in [5, 5.41) is 2.73. The number of anilines is 1. The number of hydrogen-bond acceptors (Lipinski definition) is 2. The van der Waals surface area contributed by atoms with Gasteiger partial charge >= 0.3 is 12.1 Å². The normalized spacial score (nSPS) is 18.7. The van der Waals surface area contributed by atoms with E-state index in [1.165, 1.54) is 6.07 Å². The first-order valence-electron chi connectivity index (χ1n) is 6.24. The van der Waals surface area contributed by atoms with Crippen LogP contribution in [0.25, 0.3) is 0 Å². The lowest BCUT2D eigenvalue weighted by Gasteiger charge is -2.24. The van der Waals surface area contributed by atoms with E-state index in [9.17, 15) is 22.8 Å². The average molecular weight is 321 g/mol. The Morgan fingerprint density at radius 3 is 2.57 bits per heavy atom. The zero-order valence-corrected chi connectivity index (χ0v) is 11.5. The molecular weight excluding hydrogens is 309 g/mol. The van der Waals surface area contributed by atoms with E-state index in [0.29, 0.717) is 17.0 Å². The van der Waals surface area contributed by atoms with E-state index in [4.69, 9.17) is 11.6 Å². The first-order valence-corrected chi connectivity index (χ1v) is 6.61. The number of halogens is 4. The highest BCUT2D eigenvalue weighted by atomic mass is 35.5. The number of hydrogen-bond donors (Lipinski definition) is 1. The van der Waals surface area contributed by atoms with E-state index >= 15 is 0 Å². The second-order valence-electron chi connectivity index (χ2n) is 4.62. The molecule has 1 aromatic rings. The molecule has 1 atom stereocenters. The van der Waals surface area contributed by atoms with Crippen LogP contribution in [0.15, 0.2) is 24.3 Å². The smallest absolute Gasteiger partial charge is 0.323 e. The second-order valence-corrected chi connectivity index (χ2v) is 5.03. The number of carbonyl (C=O) groups excluding carboxylic acids is 2. The van der Waals surface area contributed by atoms with Crippen molar-refractivity contribution in [2.75, 3.05) is 11.9 Å². The van der Waals surface area contributed by atoms with Crippen LogP contribution in [0.3, 0.4) is 0 Å². The summed E-state index contributed by atoms with van der Waals surface area (Å²) in [5.41, 5.74) is 0.301. The van der Waals surface area contributed by atoms with Gasteiger partial charge in [-0.05, 0) is 25.0 Å². The quantitative estimate of drug-likeness (QED) is 0.911. The molecule has 0 aliphatic carbocycles. The molecule has 1 unspecified atom stereocenters. The Kier molecular flexibility index (Phi) is 4.41. The molecule has 1 saturated heterocycles. The number of likely N-dealkylation sites (tertiary alicyclic amines) is 1. The summed E-state index contributed by atoms with van der Waals surface area (Å²) >= 11 is 5.87. The summed E-state index contributed by atoms with van der Waals surface area (Å²) in [4.78, 5) is 23.9. The summed E-state index contributed by atoms with van der Waals surface area (Å²) in [6.07, 6.45) is -4.44. The Labute approximate surface area is 123 Å². The zero-order valence-electron chi connectivity index (χ0n) is 10.8. The van der Waals surface area contributed by atoms with Crippen molar-refractivity contribution in [1.82, 2.24) is 4.90 Å². The van der Waals surface area contributed by atoms with Gasteiger partial charge in [0.05, 0.1) is 10.7 Å². The Morgan fingerprint density at radius 1 is 1.29 bits per heavy atom. The first kappa shape index (κ1) is 15.6. The van der Waals surface area contributed by atoms with Crippen LogP contribution in [0.4, 0.5) is 18.9 Å². The van der Waals surface area contributed by atoms with Gasteiger partial charge in [-0.25, -0.2) is 0 Å². The Morgan fingerprint density at radius 2 is 1.95 bits per heavy atom. The third-order valence-corrected chi connectivity index (χ3v) is 3.52. The van der Waals surface area contributed by atoms with Gasteiger partial charge in [0, 0.05) is 6.54 Å². The minimum Gasteiger partial charge on any atom is -0.323 e. The maximum Gasteiger partial charge on any atom is 0.471 e. The van der Waals surface area contributed by atoms with E-state index in [1.807, 2.05) is 0 Å². The van der Waals surface area contributed by atoms with Crippen LogP contribution >= 0.6 is 11.6 Å². The Bertz CT molecular complexity index is 563. The number of alkyl halides is 3. The molecule has 8 heteroatoms. The number of benzene rings is 1. The van der Waals surface area contributed by atoms with Gasteiger partial charge in [-0.1, -0.05) is 23.7 Å². The maximum absolute atomic E-state index is 12.5. The fourth-order valence-corrected chi connectivity index (χ4v) is 2.41. The molecule has 1 aliphatic heterocycles. The summed E-state index contributed by atoms with van der Waals surface area (Å²) < 4.78 is 37.5. The van der Waals surface area contributed by atoms with Gasteiger partial charge in [-0.2, -0.15) is 13.2 Å². The zero-order chi connectivity index (χ0) is 15.6. The molecule has 4 nitrogen and oxygen atoms in total. The minimum atomic E-state index is -4.98. The molecule has 0 saturated carbocycles. The number of carbonyl (C=O) groups is 2. The van der Waals surface area contributed by atoms with Crippen LogP contribution in [-0.4, -0.2) is 35.5 Å². The summed E-state index contributed by atoms with van der Waals surface area (Å²) in [5.74, 6) is -2.66. The SMILES string of the molecule is O=C(Nc1ccccc1Cl)C1CCCN1C(=O)C(F)(F)F. The van der Waals surface area contributed by atoms with Crippen LogP contribution in [0.5, 0.6) is 0 Å². The van der Waals surface area contributed by atoms with Crippen molar-refractivity contribution < 1.29 is 22.8 Å². The van der Waals surface area contributed by atoms with Crippen molar-refractivity contribution in [3.8, 4) is 0 Å². The van der Waals surface area contributed by atoms with Crippen molar-refractivity contribution in [1.29, 1.82) is 0 Å². The van der Waals surface area contributed by atoms with Crippen molar-refractivity contribution in [3.63, 3.8) is 0 Å². The van der Waals surface area contributed by atoms with E-state index < -0.39 is 24.0 Å². The molecule has 2 amide bonds. The summed E-state index contributed by atoms with van der Waals surface area (Å²) in [7, 11) is 0. The van der Waals surface area contributed by atoms with E-state index in [2.05, 4.69) is 5.32 Å². The van der Waals surface area contributed by atoms with Gasteiger partial charge in [0.2, 0.25) is 5.91 Å². The topological polar surface area (TPSA) is 49.4 Å². The van der Waals surface area contributed by atoms with Crippen LogP contribution in [0, 0.1) is 0 Å². The van der Waals surface area contributed by atoms with Gasteiger partial charge in [0.15, 0.2) is 0 Å². The molecule has 114 valence electrons. The van der Waals surface area contributed by atoms with E-state index in [1.54, 1.807) is 18.2 Å². The van der Waals surface area contributed by atoms with Crippen LogP contribution < -0.4 is 5.32 Å². The Balaban J connectivity index is 2.12. The molecule has 0 bridgehead atoms. The lowest BCUT2D eigenvalue weighted by atomic mass is 10.2. The van der Waals surface area contributed by atoms with Crippen LogP contribution in [0.1, 0.15) is 12.8 Å². The highest BCUT2D eigenvalue weighted by Gasteiger charge is 2.47. The highest BCUT2D eigenvalue weighted by molar-refractivity contribution is 6.33. The molecule has 21 heavy (non-hydrogen) atoms. The lowest BCUT2D eigenvalue weighted by molar-refractivity contribution is -0.186. The predicted molar refractivity (Wildman–Crippen MR) is 70.9 cm³/mol. The molecule has 1 aliphatic rings. The number of amides is 2. The highest BCUT2D eigenvalue weighted by Crippen LogP contribution is 2.27. The van der Waals surface area contributed by atoms with Gasteiger partial charge in [0.25, 0.3) is 0 Å². The summed E-state index contributed by atoms with van der Waals surface area (Å²) in [6.45, 7) is -0.0844. The third kappa shape index (κ3) is 3.47. The fraction of sp³-hybridized carbons (Fsp3) is 0.385. The number of para-hydroxylation sites is 1. The minimum absolute atomic E-state index is 0.0844. The van der Waals surface area contributed by atoms with Crippen molar-refractivity contribution in [2.45, 2.75) is 25.1 Å². The average Bonchev–Trinajstić information content (AvgIpc) is 2.88. The van der Waals surface area contributed by atoms with E-state index in [0.717, 1.165) is 0 Å². The lowest BCUT2D eigenvalue weighted by Crippen LogP contribution is -2.48. The molecule has 1 N–H and O–H groups in total. The number of rotatable bonds is 2. The predicted octanol–water partition coefficient (Wildman–Crippen LogP) is 2.83. The van der Waals surface area contributed by atoms with Gasteiger partial charge in [-0.3, -0.25) is 9.59 Å². The fourth-order valence-electron chi connectivity index (χ4n) is 2.22. The standard InChI is InChI=1S/C13H12ClF3N2O2/c14-8-4-1-2-5-9(8)18-11(20)10-6-3-7-19(10)12(21)13(15,16)17/h1-2,4-5,10H,3,6-7H2,(H,18,20).